The average molecular weight is 288 g/mol. The molecular weight excluding hydrogens is 268 g/mol. The number of fused-ring (bicyclic) bond motifs is 1. The first kappa shape index (κ1) is 14.1. The Morgan fingerprint density at radius 3 is 2.76 bits per heavy atom. The van der Waals surface area contributed by atoms with Gasteiger partial charge in [0.15, 0.2) is 0 Å². The Kier molecular flexibility index (Phi) is 3.92. The molecule has 2 saturated heterocycles. The summed E-state index contributed by atoms with van der Waals surface area (Å²) in [6.45, 7) is 3.73. The Hall–Kier alpha value is -1.88. The molecule has 1 aromatic carbocycles. The van der Waals surface area contributed by atoms with Gasteiger partial charge in [-0.3, -0.25) is 9.59 Å². The molecule has 3 rings (SSSR count). The standard InChI is InChI=1S/C16H20N2O3/c1-12(19)17-10-14-15(11-17)21-8-7-16(20)18(14)9-13-5-3-2-4-6-13/h2-6,14-15H,7-11H2,1H3/t14-,15-/m0/s1. The molecule has 0 unspecified atom stereocenters. The van der Waals surface area contributed by atoms with E-state index in [4.69, 9.17) is 4.74 Å². The number of hydrogen-bond donors (Lipinski definition) is 0. The number of nitrogens with zero attached hydrogens (tertiary/aromatic N) is 2. The molecule has 1 aromatic rings. The molecule has 112 valence electrons. The summed E-state index contributed by atoms with van der Waals surface area (Å²) in [6, 6.07) is 9.91. The molecular formula is C16H20N2O3. The minimum atomic E-state index is -0.0657. The lowest BCUT2D eigenvalue weighted by molar-refractivity contribution is -0.134. The molecule has 0 aliphatic carbocycles. The van der Waals surface area contributed by atoms with E-state index in [0.29, 0.717) is 32.7 Å². The molecule has 5 heteroatoms. The smallest absolute Gasteiger partial charge is 0.225 e. The normalized spacial score (nSPS) is 25.7. The Bertz CT molecular complexity index is 532. The molecule has 2 amide bonds. The third kappa shape index (κ3) is 2.93. The highest BCUT2D eigenvalue weighted by Crippen LogP contribution is 2.25. The molecule has 0 N–H and O–H groups in total. The quantitative estimate of drug-likeness (QED) is 0.817. The van der Waals surface area contributed by atoms with E-state index in [2.05, 4.69) is 0 Å². The van der Waals surface area contributed by atoms with Gasteiger partial charge in [-0.1, -0.05) is 30.3 Å². The fourth-order valence-corrected chi connectivity index (χ4v) is 3.09. The summed E-state index contributed by atoms with van der Waals surface area (Å²) in [4.78, 5) is 27.6. The van der Waals surface area contributed by atoms with Crippen LogP contribution in [0.2, 0.25) is 0 Å². The van der Waals surface area contributed by atoms with Gasteiger partial charge in [0, 0.05) is 26.6 Å². The van der Waals surface area contributed by atoms with Gasteiger partial charge in [-0.25, -0.2) is 0 Å². The van der Waals surface area contributed by atoms with Crippen molar-refractivity contribution in [2.24, 2.45) is 0 Å². The third-order valence-electron chi connectivity index (χ3n) is 4.25. The second-order valence-electron chi connectivity index (χ2n) is 5.66. The van der Waals surface area contributed by atoms with Crippen molar-refractivity contribution in [2.45, 2.75) is 32.0 Å². The molecule has 21 heavy (non-hydrogen) atoms. The summed E-state index contributed by atoms with van der Waals surface area (Å²) < 4.78 is 5.79. The Morgan fingerprint density at radius 1 is 1.29 bits per heavy atom. The van der Waals surface area contributed by atoms with Crippen LogP contribution in [0.25, 0.3) is 0 Å². The van der Waals surface area contributed by atoms with Gasteiger partial charge in [0.2, 0.25) is 11.8 Å². The average Bonchev–Trinajstić information content (AvgIpc) is 2.84. The topological polar surface area (TPSA) is 49.9 Å². The minimum Gasteiger partial charge on any atom is -0.374 e. The number of hydrogen-bond acceptors (Lipinski definition) is 3. The van der Waals surface area contributed by atoms with Crippen molar-refractivity contribution in [3.63, 3.8) is 0 Å². The van der Waals surface area contributed by atoms with Crippen LogP contribution in [-0.2, 0) is 20.9 Å². The first-order valence-corrected chi connectivity index (χ1v) is 7.35. The zero-order valence-corrected chi connectivity index (χ0v) is 12.2. The molecule has 0 bridgehead atoms. The summed E-state index contributed by atoms with van der Waals surface area (Å²) in [6.07, 6.45) is 0.351. The minimum absolute atomic E-state index is 0.0379. The molecule has 2 heterocycles. The van der Waals surface area contributed by atoms with Crippen LogP contribution >= 0.6 is 0 Å². The monoisotopic (exact) mass is 288 g/mol. The van der Waals surface area contributed by atoms with Crippen molar-refractivity contribution in [2.75, 3.05) is 19.7 Å². The lowest BCUT2D eigenvalue weighted by Gasteiger charge is -2.29. The van der Waals surface area contributed by atoms with E-state index in [1.165, 1.54) is 0 Å². The molecule has 5 nitrogen and oxygen atoms in total. The second kappa shape index (κ2) is 5.85. The third-order valence-corrected chi connectivity index (χ3v) is 4.25. The molecule has 0 aromatic heterocycles. The predicted octanol–water partition coefficient (Wildman–Crippen LogP) is 1.03. The van der Waals surface area contributed by atoms with Crippen molar-refractivity contribution in [3.05, 3.63) is 35.9 Å². The van der Waals surface area contributed by atoms with E-state index in [9.17, 15) is 9.59 Å². The summed E-state index contributed by atoms with van der Waals surface area (Å²) >= 11 is 0. The molecule has 2 atom stereocenters. The number of rotatable bonds is 2. The first-order valence-electron chi connectivity index (χ1n) is 7.35. The van der Waals surface area contributed by atoms with Crippen LogP contribution in [0.1, 0.15) is 18.9 Å². The lowest BCUT2D eigenvalue weighted by Crippen LogP contribution is -2.45. The number of carbonyl (C=O) groups excluding carboxylic acids is 2. The van der Waals surface area contributed by atoms with Crippen molar-refractivity contribution in [1.29, 1.82) is 0 Å². The maximum Gasteiger partial charge on any atom is 0.225 e. The van der Waals surface area contributed by atoms with Gasteiger partial charge in [0.05, 0.1) is 25.2 Å². The fraction of sp³-hybridized carbons (Fsp3) is 0.500. The molecule has 0 saturated carbocycles. The highest BCUT2D eigenvalue weighted by atomic mass is 16.5. The molecule has 2 fully saturated rings. The van der Waals surface area contributed by atoms with E-state index in [1.54, 1.807) is 11.8 Å². The largest absolute Gasteiger partial charge is 0.374 e. The van der Waals surface area contributed by atoms with Gasteiger partial charge in [-0.15, -0.1) is 0 Å². The maximum absolute atomic E-state index is 12.4. The highest BCUT2D eigenvalue weighted by molar-refractivity contribution is 5.78. The molecule has 0 radical (unpaired) electrons. The summed E-state index contributed by atoms with van der Waals surface area (Å²) in [5.41, 5.74) is 1.10. The summed E-state index contributed by atoms with van der Waals surface area (Å²) in [7, 11) is 0. The first-order chi connectivity index (χ1) is 10.1. The predicted molar refractivity (Wildman–Crippen MR) is 77.4 cm³/mol. The second-order valence-corrected chi connectivity index (χ2v) is 5.66. The lowest BCUT2D eigenvalue weighted by atomic mass is 10.1. The van der Waals surface area contributed by atoms with Crippen molar-refractivity contribution < 1.29 is 14.3 Å². The van der Waals surface area contributed by atoms with Crippen molar-refractivity contribution in [1.82, 2.24) is 9.80 Å². The van der Waals surface area contributed by atoms with Crippen LogP contribution in [0.15, 0.2) is 30.3 Å². The van der Waals surface area contributed by atoms with Gasteiger partial charge in [-0.05, 0) is 5.56 Å². The van der Waals surface area contributed by atoms with Crippen molar-refractivity contribution in [3.8, 4) is 0 Å². The van der Waals surface area contributed by atoms with E-state index in [-0.39, 0.29) is 24.0 Å². The van der Waals surface area contributed by atoms with Crippen LogP contribution in [0.5, 0.6) is 0 Å². The Labute approximate surface area is 124 Å². The highest BCUT2D eigenvalue weighted by Gasteiger charge is 2.42. The van der Waals surface area contributed by atoms with Gasteiger partial charge >= 0.3 is 0 Å². The summed E-state index contributed by atoms with van der Waals surface area (Å²) in [5, 5.41) is 0. The van der Waals surface area contributed by atoms with Gasteiger partial charge in [-0.2, -0.15) is 0 Å². The molecule has 2 aliphatic heterocycles. The maximum atomic E-state index is 12.4. The fourth-order valence-electron chi connectivity index (χ4n) is 3.09. The van der Waals surface area contributed by atoms with Gasteiger partial charge < -0.3 is 14.5 Å². The van der Waals surface area contributed by atoms with E-state index in [0.717, 1.165) is 5.56 Å². The van der Waals surface area contributed by atoms with Crippen LogP contribution in [0.3, 0.4) is 0 Å². The van der Waals surface area contributed by atoms with Crippen LogP contribution < -0.4 is 0 Å². The van der Waals surface area contributed by atoms with Crippen LogP contribution in [0, 0.1) is 0 Å². The number of amides is 2. The number of ether oxygens (including phenoxy) is 1. The van der Waals surface area contributed by atoms with Gasteiger partial charge in [0.1, 0.15) is 0 Å². The number of carbonyl (C=O) groups is 2. The van der Waals surface area contributed by atoms with Gasteiger partial charge in [0.25, 0.3) is 0 Å². The van der Waals surface area contributed by atoms with Crippen LogP contribution in [0.4, 0.5) is 0 Å². The number of benzene rings is 1. The molecule has 2 aliphatic rings. The Morgan fingerprint density at radius 2 is 2.05 bits per heavy atom. The SMILES string of the molecule is CC(=O)N1C[C@@H]2OCCC(=O)N(Cc3ccccc3)[C@H]2C1. The van der Waals surface area contributed by atoms with E-state index >= 15 is 0 Å². The van der Waals surface area contributed by atoms with Crippen LogP contribution in [-0.4, -0.2) is 53.5 Å². The van der Waals surface area contributed by atoms with Crippen molar-refractivity contribution >= 4 is 11.8 Å². The Balaban J connectivity index is 1.81. The molecule has 0 spiro atoms. The van der Waals surface area contributed by atoms with E-state index in [1.807, 2.05) is 35.2 Å². The summed E-state index contributed by atoms with van der Waals surface area (Å²) in [5.74, 6) is 0.149. The zero-order chi connectivity index (χ0) is 14.8. The van der Waals surface area contributed by atoms with E-state index < -0.39 is 0 Å². The zero-order valence-electron chi connectivity index (χ0n) is 12.2. The number of likely N-dealkylation sites (tertiary alicyclic amines) is 1.